The SMILES string of the molecule is Cc1ccc(/C=N\NC(=O)CN(c2ccc(Br)cc2)S(=O)(=O)c2ccccc2)cc1. The van der Waals surface area contributed by atoms with Gasteiger partial charge in [-0.3, -0.25) is 9.10 Å². The Hall–Kier alpha value is -2.97. The Labute approximate surface area is 184 Å². The van der Waals surface area contributed by atoms with E-state index in [4.69, 9.17) is 0 Å². The highest BCUT2D eigenvalue weighted by molar-refractivity contribution is 9.10. The second kappa shape index (κ2) is 9.69. The van der Waals surface area contributed by atoms with Crippen LogP contribution in [0, 0.1) is 6.92 Å². The minimum Gasteiger partial charge on any atom is -0.271 e. The van der Waals surface area contributed by atoms with Crippen molar-refractivity contribution in [1.29, 1.82) is 0 Å². The number of carbonyl (C=O) groups is 1. The van der Waals surface area contributed by atoms with E-state index in [0.29, 0.717) is 5.69 Å². The van der Waals surface area contributed by atoms with Gasteiger partial charge in [-0.2, -0.15) is 5.10 Å². The highest BCUT2D eigenvalue weighted by Crippen LogP contribution is 2.25. The zero-order chi connectivity index (χ0) is 21.6. The van der Waals surface area contributed by atoms with E-state index < -0.39 is 22.5 Å². The maximum absolute atomic E-state index is 13.2. The number of aryl methyl sites for hydroxylation is 1. The molecule has 1 amide bonds. The summed E-state index contributed by atoms with van der Waals surface area (Å²) in [6.45, 7) is 1.57. The second-order valence-corrected chi connectivity index (χ2v) is 9.28. The van der Waals surface area contributed by atoms with E-state index >= 15 is 0 Å². The predicted molar refractivity (Wildman–Crippen MR) is 122 cm³/mol. The zero-order valence-corrected chi connectivity index (χ0v) is 18.6. The molecule has 3 aromatic rings. The number of halogens is 1. The fourth-order valence-corrected chi connectivity index (χ4v) is 4.35. The Bertz CT molecular complexity index is 1130. The van der Waals surface area contributed by atoms with Crippen molar-refractivity contribution in [3.05, 3.63) is 94.5 Å². The second-order valence-electron chi connectivity index (χ2n) is 6.51. The van der Waals surface area contributed by atoms with Crippen LogP contribution in [0.5, 0.6) is 0 Å². The van der Waals surface area contributed by atoms with Crippen molar-refractivity contribution in [3.63, 3.8) is 0 Å². The third-order valence-electron chi connectivity index (χ3n) is 4.21. The van der Waals surface area contributed by atoms with E-state index in [2.05, 4.69) is 26.5 Å². The molecule has 30 heavy (non-hydrogen) atoms. The molecular formula is C22H20BrN3O3S. The van der Waals surface area contributed by atoms with Gasteiger partial charge in [0.2, 0.25) is 0 Å². The summed E-state index contributed by atoms with van der Waals surface area (Å²) in [6, 6.07) is 22.3. The summed E-state index contributed by atoms with van der Waals surface area (Å²) in [4.78, 5) is 12.6. The Balaban J connectivity index is 1.81. The lowest BCUT2D eigenvalue weighted by Crippen LogP contribution is -2.39. The van der Waals surface area contributed by atoms with Gasteiger partial charge < -0.3 is 0 Å². The zero-order valence-electron chi connectivity index (χ0n) is 16.2. The van der Waals surface area contributed by atoms with Crippen LogP contribution >= 0.6 is 15.9 Å². The van der Waals surface area contributed by atoms with Crippen molar-refractivity contribution in [1.82, 2.24) is 5.43 Å². The molecule has 0 bridgehead atoms. The van der Waals surface area contributed by atoms with E-state index in [0.717, 1.165) is 19.9 Å². The molecule has 154 valence electrons. The largest absolute Gasteiger partial charge is 0.271 e. The molecule has 0 atom stereocenters. The van der Waals surface area contributed by atoms with Gasteiger partial charge in [0.05, 0.1) is 16.8 Å². The van der Waals surface area contributed by atoms with Crippen LogP contribution < -0.4 is 9.73 Å². The van der Waals surface area contributed by atoms with Gasteiger partial charge in [-0.05, 0) is 48.9 Å². The molecule has 0 saturated heterocycles. The fourth-order valence-electron chi connectivity index (χ4n) is 2.64. The number of nitrogens with one attached hydrogen (secondary N) is 1. The van der Waals surface area contributed by atoms with Crippen LogP contribution in [0.15, 0.2) is 93.3 Å². The average molecular weight is 486 g/mol. The molecule has 6 nitrogen and oxygen atoms in total. The molecule has 0 fully saturated rings. The van der Waals surface area contributed by atoms with Crippen molar-refractivity contribution >= 4 is 43.8 Å². The van der Waals surface area contributed by atoms with Gasteiger partial charge in [-0.15, -0.1) is 0 Å². The highest BCUT2D eigenvalue weighted by atomic mass is 79.9. The predicted octanol–water partition coefficient (Wildman–Crippen LogP) is 4.10. The van der Waals surface area contributed by atoms with E-state index in [9.17, 15) is 13.2 Å². The van der Waals surface area contributed by atoms with Crippen LogP contribution in [-0.4, -0.2) is 27.1 Å². The summed E-state index contributed by atoms with van der Waals surface area (Å²) in [5.41, 5.74) is 4.71. The first-order chi connectivity index (χ1) is 14.4. The molecule has 0 aromatic heterocycles. The minimum atomic E-state index is -3.94. The highest BCUT2D eigenvalue weighted by Gasteiger charge is 2.27. The van der Waals surface area contributed by atoms with Gasteiger partial charge in [0.25, 0.3) is 15.9 Å². The summed E-state index contributed by atoms with van der Waals surface area (Å²) in [7, 11) is -3.94. The first-order valence-corrected chi connectivity index (χ1v) is 11.3. The monoisotopic (exact) mass is 485 g/mol. The Morgan fingerprint density at radius 1 is 1.00 bits per heavy atom. The number of sulfonamides is 1. The Morgan fingerprint density at radius 2 is 1.63 bits per heavy atom. The van der Waals surface area contributed by atoms with E-state index in [1.807, 2.05) is 31.2 Å². The van der Waals surface area contributed by atoms with Crippen LogP contribution in [0.4, 0.5) is 5.69 Å². The molecule has 0 aliphatic carbocycles. The van der Waals surface area contributed by atoms with Crippen LogP contribution in [0.1, 0.15) is 11.1 Å². The van der Waals surface area contributed by atoms with Crippen LogP contribution in [0.25, 0.3) is 0 Å². The molecule has 8 heteroatoms. The molecule has 1 N–H and O–H groups in total. The molecule has 3 aromatic carbocycles. The van der Waals surface area contributed by atoms with Crippen molar-refractivity contribution in [2.24, 2.45) is 5.10 Å². The van der Waals surface area contributed by atoms with Crippen molar-refractivity contribution in [2.75, 3.05) is 10.8 Å². The molecule has 0 aliphatic heterocycles. The van der Waals surface area contributed by atoms with Gasteiger partial charge in [0.1, 0.15) is 6.54 Å². The summed E-state index contributed by atoms with van der Waals surface area (Å²) in [5, 5.41) is 3.93. The quantitative estimate of drug-likeness (QED) is 0.404. The van der Waals surface area contributed by atoms with Crippen molar-refractivity contribution in [2.45, 2.75) is 11.8 Å². The summed E-state index contributed by atoms with van der Waals surface area (Å²) in [6.07, 6.45) is 1.51. The molecule has 3 rings (SSSR count). The lowest BCUT2D eigenvalue weighted by Gasteiger charge is -2.23. The number of amides is 1. The number of hydrazone groups is 1. The van der Waals surface area contributed by atoms with Crippen molar-refractivity contribution in [3.8, 4) is 0 Å². The van der Waals surface area contributed by atoms with Gasteiger partial charge in [0.15, 0.2) is 0 Å². The van der Waals surface area contributed by atoms with Crippen LogP contribution in [0.2, 0.25) is 0 Å². The maximum Gasteiger partial charge on any atom is 0.264 e. The van der Waals surface area contributed by atoms with E-state index in [1.165, 1.54) is 18.3 Å². The number of hydrogen-bond acceptors (Lipinski definition) is 4. The molecule has 0 saturated carbocycles. The Morgan fingerprint density at radius 3 is 2.27 bits per heavy atom. The number of rotatable bonds is 7. The number of benzene rings is 3. The lowest BCUT2D eigenvalue weighted by molar-refractivity contribution is -0.119. The van der Waals surface area contributed by atoms with Crippen LogP contribution in [0.3, 0.4) is 0 Å². The first kappa shape index (κ1) is 21.7. The lowest BCUT2D eigenvalue weighted by atomic mass is 10.2. The molecule has 0 aliphatic rings. The standard InChI is InChI=1S/C22H20BrN3O3S/c1-17-7-9-18(10-8-17)15-24-25-22(27)16-26(20-13-11-19(23)12-14-20)30(28,29)21-5-3-2-4-6-21/h2-15H,16H2,1H3,(H,25,27)/b24-15-. The summed E-state index contributed by atoms with van der Waals surface area (Å²) < 4.78 is 28.2. The third-order valence-corrected chi connectivity index (χ3v) is 6.53. The molecule has 0 unspecified atom stereocenters. The topological polar surface area (TPSA) is 78.8 Å². The number of nitrogens with zero attached hydrogens (tertiary/aromatic N) is 2. The van der Waals surface area contributed by atoms with Gasteiger partial charge in [0, 0.05) is 4.47 Å². The number of anilines is 1. The van der Waals surface area contributed by atoms with Crippen LogP contribution in [-0.2, 0) is 14.8 Å². The van der Waals surface area contributed by atoms with E-state index in [-0.39, 0.29) is 4.90 Å². The molecule has 0 radical (unpaired) electrons. The van der Waals surface area contributed by atoms with E-state index in [1.54, 1.807) is 42.5 Å². The number of carbonyl (C=O) groups excluding carboxylic acids is 1. The van der Waals surface area contributed by atoms with Gasteiger partial charge in [-0.1, -0.05) is 64.0 Å². The molecule has 0 heterocycles. The fraction of sp³-hybridized carbons (Fsp3) is 0.0909. The smallest absolute Gasteiger partial charge is 0.264 e. The van der Waals surface area contributed by atoms with Gasteiger partial charge in [-0.25, -0.2) is 13.8 Å². The first-order valence-electron chi connectivity index (χ1n) is 9.08. The van der Waals surface area contributed by atoms with Crippen molar-refractivity contribution < 1.29 is 13.2 Å². The normalized spacial score (nSPS) is 11.4. The summed E-state index contributed by atoms with van der Waals surface area (Å²) >= 11 is 3.34. The minimum absolute atomic E-state index is 0.101. The summed E-state index contributed by atoms with van der Waals surface area (Å²) in [5.74, 6) is -0.555. The maximum atomic E-state index is 13.2. The average Bonchev–Trinajstić information content (AvgIpc) is 2.75. The third kappa shape index (κ3) is 5.55. The molecular weight excluding hydrogens is 466 g/mol. The van der Waals surface area contributed by atoms with Gasteiger partial charge >= 0.3 is 0 Å². The molecule has 0 spiro atoms. The Kier molecular flexibility index (Phi) is 7.02. The number of hydrogen-bond donors (Lipinski definition) is 1.